The standard InChI is InChI=1S/C8H7N3S2/c1-5-10-3-7(13-5)6-2-9-4-11-8(6)12/h2-4H,1H3,(H,9,11,12). The monoisotopic (exact) mass is 209 g/mol. The third-order valence-corrected chi connectivity index (χ3v) is 2.89. The quantitative estimate of drug-likeness (QED) is 0.734. The van der Waals surface area contributed by atoms with Gasteiger partial charge in [0.25, 0.3) is 0 Å². The molecule has 0 aliphatic heterocycles. The molecule has 2 rings (SSSR count). The Morgan fingerprint density at radius 3 is 2.92 bits per heavy atom. The molecule has 5 heteroatoms. The molecule has 1 N–H and O–H groups in total. The van der Waals surface area contributed by atoms with Crippen molar-refractivity contribution in [3.63, 3.8) is 0 Å². The lowest BCUT2D eigenvalue weighted by atomic mass is 10.3. The number of rotatable bonds is 1. The average molecular weight is 209 g/mol. The number of aromatic amines is 1. The molecular weight excluding hydrogens is 202 g/mol. The molecule has 2 aromatic rings. The summed E-state index contributed by atoms with van der Waals surface area (Å²) in [5, 5.41) is 1.04. The van der Waals surface area contributed by atoms with Crippen LogP contribution in [-0.2, 0) is 0 Å². The van der Waals surface area contributed by atoms with E-state index in [1.807, 2.05) is 13.1 Å². The molecule has 0 saturated heterocycles. The van der Waals surface area contributed by atoms with Gasteiger partial charge in [0.15, 0.2) is 0 Å². The zero-order valence-corrected chi connectivity index (χ0v) is 8.58. The van der Waals surface area contributed by atoms with Crippen LogP contribution in [0.1, 0.15) is 5.01 Å². The number of hydrogen-bond acceptors (Lipinski definition) is 4. The van der Waals surface area contributed by atoms with E-state index in [-0.39, 0.29) is 0 Å². The molecule has 0 unspecified atom stereocenters. The van der Waals surface area contributed by atoms with Gasteiger partial charge in [0.05, 0.1) is 16.2 Å². The normalized spacial score (nSPS) is 10.2. The van der Waals surface area contributed by atoms with E-state index in [9.17, 15) is 0 Å². The predicted molar refractivity (Wildman–Crippen MR) is 55.3 cm³/mol. The first-order valence-corrected chi connectivity index (χ1v) is 4.95. The van der Waals surface area contributed by atoms with Gasteiger partial charge in [0.2, 0.25) is 0 Å². The summed E-state index contributed by atoms with van der Waals surface area (Å²) in [5.41, 5.74) is 0.947. The average Bonchev–Trinajstić information content (AvgIpc) is 2.53. The summed E-state index contributed by atoms with van der Waals surface area (Å²) >= 11 is 6.74. The lowest BCUT2D eigenvalue weighted by Gasteiger charge is -1.93. The molecule has 0 amide bonds. The van der Waals surface area contributed by atoms with Crippen molar-refractivity contribution in [3.05, 3.63) is 28.4 Å². The van der Waals surface area contributed by atoms with Crippen molar-refractivity contribution in [2.75, 3.05) is 0 Å². The Morgan fingerprint density at radius 2 is 2.31 bits per heavy atom. The van der Waals surface area contributed by atoms with Gasteiger partial charge >= 0.3 is 0 Å². The summed E-state index contributed by atoms with van der Waals surface area (Å²) in [6.45, 7) is 1.97. The number of nitrogens with zero attached hydrogens (tertiary/aromatic N) is 2. The van der Waals surface area contributed by atoms with Crippen LogP contribution in [0.5, 0.6) is 0 Å². The van der Waals surface area contributed by atoms with E-state index in [0.29, 0.717) is 4.64 Å². The maximum Gasteiger partial charge on any atom is 0.114 e. The predicted octanol–water partition coefficient (Wildman–Crippen LogP) is 2.57. The van der Waals surface area contributed by atoms with Crippen LogP contribution in [0.15, 0.2) is 18.7 Å². The first-order chi connectivity index (χ1) is 6.27. The third kappa shape index (κ3) is 1.66. The molecule has 2 heterocycles. The molecule has 0 aromatic carbocycles. The highest BCUT2D eigenvalue weighted by atomic mass is 32.1. The Morgan fingerprint density at radius 1 is 1.46 bits per heavy atom. The summed E-state index contributed by atoms with van der Waals surface area (Å²) < 4.78 is 0.707. The summed E-state index contributed by atoms with van der Waals surface area (Å²) in [6.07, 6.45) is 5.16. The number of hydrogen-bond donors (Lipinski definition) is 1. The minimum atomic E-state index is 0.707. The second-order valence-corrected chi connectivity index (χ2v) is 4.18. The van der Waals surface area contributed by atoms with E-state index in [0.717, 1.165) is 15.4 Å². The second-order valence-electron chi connectivity index (χ2n) is 2.54. The molecule has 0 saturated carbocycles. The van der Waals surface area contributed by atoms with Gasteiger partial charge in [0.1, 0.15) is 4.64 Å². The SMILES string of the molecule is Cc1ncc(-c2cnc[nH]c2=S)s1. The van der Waals surface area contributed by atoms with Crippen molar-refractivity contribution in [3.8, 4) is 10.4 Å². The number of thiazole rings is 1. The van der Waals surface area contributed by atoms with Gasteiger partial charge in [-0.15, -0.1) is 11.3 Å². The maximum atomic E-state index is 5.13. The molecular formula is C8H7N3S2. The minimum Gasteiger partial charge on any atom is -0.337 e. The lowest BCUT2D eigenvalue weighted by Crippen LogP contribution is -1.81. The zero-order valence-electron chi connectivity index (χ0n) is 6.94. The Kier molecular flexibility index (Phi) is 2.20. The van der Waals surface area contributed by atoms with Crippen LogP contribution in [-0.4, -0.2) is 15.0 Å². The van der Waals surface area contributed by atoms with Crippen molar-refractivity contribution in [1.82, 2.24) is 15.0 Å². The van der Waals surface area contributed by atoms with Crippen LogP contribution in [0, 0.1) is 11.6 Å². The van der Waals surface area contributed by atoms with Crippen molar-refractivity contribution in [1.29, 1.82) is 0 Å². The fraction of sp³-hybridized carbons (Fsp3) is 0.125. The Hall–Kier alpha value is -1.07. The molecule has 0 spiro atoms. The molecule has 66 valence electrons. The minimum absolute atomic E-state index is 0.707. The van der Waals surface area contributed by atoms with Gasteiger partial charge in [-0.1, -0.05) is 12.2 Å². The highest BCUT2D eigenvalue weighted by Gasteiger charge is 2.03. The van der Waals surface area contributed by atoms with Crippen LogP contribution in [0.4, 0.5) is 0 Å². The molecule has 0 bridgehead atoms. The van der Waals surface area contributed by atoms with Gasteiger partial charge in [-0.2, -0.15) is 0 Å². The summed E-state index contributed by atoms with van der Waals surface area (Å²) in [4.78, 5) is 12.1. The Labute approximate surface area is 84.5 Å². The van der Waals surface area contributed by atoms with Crippen LogP contribution in [0.25, 0.3) is 10.4 Å². The highest BCUT2D eigenvalue weighted by molar-refractivity contribution is 7.71. The topological polar surface area (TPSA) is 41.6 Å². The first kappa shape index (κ1) is 8.52. The van der Waals surface area contributed by atoms with Crippen LogP contribution >= 0.6 is 23.6 Å². The van der Waals surface area contributed by atoms with E-state index in [1.165, 1.54) is 0 Å². The van der Waals surface area contributed by atoms with E-state index in [1.54, 1.807) is 23.9 Å². The maximum absolute atomic E-state index is 5.13. The fourth-order valence-corrected chi connectivity index (χ4v) is 2.08. The molecule has 0 aliphatic rings. The number of H-pyrrole nitrogens is 1. The van der Waals surface area contributed by atoms with Crippen molar-refractivity contribution in [2.45, 2.75) is 6.92 Å². The molecule has 3 nitrogen and oxygen atoms in total. The Bertz CT molecular complexity index is 472. The van der Waals surface area contributed by atoms with Crippen LogP contribution < -0.4 is 0 Å². The Balaban J connectivity index is 2.59. The third-order valence-electron chi connectivity index (χ3n) is 1.61. The number of aromatic nitrogens is 3. The summed E-state index contributed by atoms with van der Waals surface area (Å²) in [6, 6.07) is 0. The van der Waals surface area contributed by atoms with E-state index in [2.05, 4.69) is 15.0 Å². The fourth-order valence-electron chi connectivity index (χ4n) is 1.01. The molecule has 13 heavy (non-hydrogen) atoms. The smallest absolute Gasteiger partial charge is 0.114 e. The van der Waals surface area contributed by atoms with E-state index < -0.39 is 0 Å². The van der Waals surface area contributed by atoms with E-state index in [4.69, 9.17) is 12.2 Å². The number of nitrogens with one attached hydrogen (secondary N) is 1. The lowest BCUT2D eigenvalue weighted by molar-refractivity contribution is 1.16. The molecule has 0 radical (unpaired) electrons. The molecule has 2 aromatic heterocycles. The van der Waals surface area contributed by atoms with E-state index >= 15 is 0 Å². The summed E-state index contributed by atoms with van der Waals surface area (Å²) in [7, 11) is 0. The number of aryl methyl sites for hydroxylation is 1. The van der Waals surface area contributed by atoms with Gasteiger partial charge in [-0.3, -0.25) is 0 Å². The molecule has 0 aliphatic carbocycles. The van der Waals surface area contributed by atoms with Crippen LogP contribution in [0.2, 0.25) is 0 Å². The van der Waals surface area contributed by atoms with Gasteiger partial charge < -0.3 is 4.98 Å². The van der Waals surface area contributed by atoms with Crippen molar-refractivity contribution >= 4 is 23.6 Å². The summed E-state index contributed by atoms with van der Waals surface area (Å²) in [5.74, 6) is 0. The first-order valence-electron chi connectivity index (χ1n) is 3.73. The molecule has 0 atom stereocenters. The van der Waals surface area contributed by atoms with Crippen molar-refractivity contribution in [2.24, 2.45) is 0 Å². The second kappa shape index (κ2) is 3.35. The van der Waals surface area contributed by atoms with Crippen molar-refractivity contribution < 1.29 is 0 Å². The largest absolute Gasteiger partial charge is 0.337 e. The van der Waals surface area contributed by atoms with Gasteiger partial charge in [0, 0.05) is 18.0 Å². The molecule has 0 fully saturated rings. The van der Waals surface area contributed by atoms with Gasteiger partial charge in [-0.05, 0) is 6.92 Å². The highest BCUT2D eigenvalue weighted by Crippen LogP contribution is 2.24. The zero-order chi connectivity index (χ0) is 9.26. The van der Waals surface area contributed by atoms with Gasteiger partial charge in [-0.25, -0.2) is 9.97 Å². The van der Waals surface area contributed by atoms with Crippen LogP contribution in [0.3, 0.4) is 0 Å².